The van der Waals surface area contributed by atoms with E-state index in [-0.39, 0.29) is 17.9 Å². The normalized spacial score (nSPS) is 11.7. The van der Waals surface area contributed by atoms with E-state index in [0.717, 1.165) is 25.7 Å². The second-order valence-corrected chi connectivity index (χ2v) is 10.2. The molecule has 0 fully saturated rings. The molecule has 0 amide bonds. The van der Waals surface area contributed by atoms with Crippen LogP contribution in [0.1, 0.15) is 135 Å². The number of hydrogen-bond donors (Lipinski definition) is 0. The molecule has 1 heterocycles. The maximum Gasteiger partial charge on any atom is 0.311 e. The third-order valence-corrected chi connectivity index (χ3v) is 6.81. The van der Waals surface area contributed by atoms with E-state index in [1.54, 1.807) is 24.5 Å². The van der Waals surface area contributed by atoms with Gasteiger partial charge in [0.05, 0.1) is 12.4 Å². The lowest BCUT2D eigenvalue weighted by Gasteiger charge is -2.16. The Morgan fingerprint density at radius 3 is 1.79 bits per heavy atom. The number of unbranched alkanes of at least 4 members (excludes halogenated alkanes) is 11. The molecule has 6 nitrogen and oxygen atoms in total. The van der Waals surface area contributed by atoms with Gasteiger partial charge >= 0.3 is 11.9 Å². The van der Waals surface area contributed by atoms with Gasteiger partial charge in [-0.05, 0) is 31.4 Å². The average Bonchev–Trinajstić information content (AvgIpc) is 2.93. The first-order chi connectivity index (χ1) is 18.6. The van der Waals surface area contributed by atoms with Crippen LogP contribution in [0.25, 0.3) is 0 Å². The molecule has 0 radical (unpaired) electrons. The van der Waals surface area contributed by atoms with Crippen molar-refractivity contribution < 1.29 is 19.1 Å². The molecule has 0 spiro atoms. The average molecular weight is 525 g/mol. The number of hydrogen-bond acceptors (Lipinski definition) is 6. The lowest BCUT2D eigenvalue weighted by molar-refractivity contribution is -0.135. The van der Waals surface area contributed by atoms with Crippen LogP contribution in [-0.4, -0.2) is 21.9 Å². The predicted octanol–water partition coefficient (Wildman–Crippen LogP) is 8.74. The van der Waals surface area contributed by atoms with Crippen LogP contribution < -0.4 is 9.47 Å². The molecular weight excluding hydrogens is 476 g/mol. The van der Waals surface area contributed by atoms with Crippen LogP contribution in [0.15, 0.2) is 42.7 Å². The molecule has 0 aliphatic heterocycles. The van der Waals surface area contributed by atoms with Gasteiger partial charge in [-0.15, -0.1) is 0 Å². The lowest BCUT2D eigenvalue weighted by atomic mass is 9.94. The Morgan fingerprint density at radius 1 is 0.632 bits per heavy atom. The Morgan fingerprint density at radius 2 is 1.16 bits per heavy atom. The summed E-state index contributed by atoms with van der Waals surface area (Å²) in [5.74, 6) is 1.20. The Labute approximate surface area is 230 Å². The number of benzene rings is 1. The summed E-state index contributed by atoms with van der Waals surface area (Å²) in [6, 6.07) is 9.15. The van der Waals surface area contributed by atoms with E-state index in [2.05, 4.69) is 23.8 Å². The van der Waals surface area contributed by atoms with Crippen molar-refractivity contribution in [3.63, 3.8) is 0 Å². The molecule has 0 saturated heterocycles. The van der Waals surface area contributed by atoms with Crippen LogP contribution in [-0.2, 0) is 9.59 Å². The minimum atomic E-state index is -0.250. The fraction of sp³-hybridized carbons (Fsp3) is 0.625. The van der Waals surface area contributed by atoms with E-state index >= 15 is 0 Å². The second kappa shape index (κ2) is 20.2. The maximum absolute atomic E-state index is 12.4. The predicted molar refractivity (Wildman–Crippen MR) is 152 cm³/mol. The monoisotopic (exact) mass is 524 g/mol. The topological polar surface area (TPSA) is 78.4 Å². The summed E-state index contributed by atoms with van der Waals surface area (Å²) in [4.78, 5) is 33.7. The number of esters is 2. The molecule has 38 heavy (non-hydrogen) atoms. The zero-order chi connectivity index (χ0) is 27.3. The van der Waals surface area contributed by atoms with Gasteiger partial charge in [-0.1, -0.05) is 109 Å². The molecule has 1 unspecified atom stereocenters. The standard InChI is InChI=1S/C32H48N2O4/c1-3-5-7-9-11-13-18-22-30(35)38-29-25-33-32(34-26-29)27(19-15-12-10-8-6-4-2)23-24-31(36)37-28-20-16-14-17-21-28/h14,16-17,20-21,25-27H,3-13,15,18-19,22-24H2,1-2H3. The van der Waals surface area contributed by atoms with Gasteiger partial charge in [-0.25, -0.2) is 9.97 Å². The van der Waals surface area contributed by atoms with Crippen molar-refractivity contribution in [3.8, 4) is 11.5 Å². The number of rotatable bonds is 21. The fourth-order valence-corrected chi connectivity index (χ4v) is 4.54. The number of carbonyl (C=O) groups excluding carboxylic acids is 2. The minimum Gasteiger partial charge on any atom is -0.427 e. The van der Waals surface area contributed by atoms with Crippen LogP contribution in [0.2, 0.25) is 0 Å². The molecule has 210 valence electrons. The van der Waals surface area contributed by atoms with Gasteiger partial charge in [0.25, 0.3) is 0 Å². The fourth-order valence-electron chi connectivity index (χ4n) is 4.54. The van der Waals surface area contributed by atoms with Gasteiger partial charge in [0.15, 0.2) is 5.75 Å². The highest BCUT2D eigenvalue weighted by Crippen LogP contribution is 2.26. The molecular formula is C32H48N2O4. The number of carbonyl (C=O) groups is 2. The van der Waals surface area contributed by atoms with Crippen LogP contribution in [0.3, 0.4) is 0 Å². The van der Waals surface area contributed by atoms with E-state index in [1.165, 1.54) is 64.2 Å². The summed E-state index contributed by atoms with van der Waals surface area (Å²) in [5, 5.41) is 0. The van der Waals surface area contributed by atoms with Gasteiger partial charge in [0, 0.05) is 18.8 Å². The largest absolute Gasteiger partial charge is 0.427 e. The molecule has 2 aromatic rings. The van der Waals surface area contributed by atoms with E-state index < -0.39 is 0 Å². The zero-order valence-corrected chi connectivity index (χ0v) is 23.7. The number of para-hydroxylation sites is 1. The highest BCUT2D eigenvalue weighted by Gasteiger charge is 2.18. The smallest absolute Gasteiger partial charge is 0.311 e. The number of aromatic nitrogens is 2. The van der Waals surface area contributed by atoms with Crippen molar-refractivity contribution in [1.29, 1.82) is 0 Å². The summed E-state index contributed by atoms with van der Waals surface area (Å²) >= 11 is 0. The van der Waals surface area contributed by atoms with Gasteiger partial charge < -0.3 is 9.47 Å². The first-order valence-corrected chi connectivity index (χ1v) is 14.9. The summed E-state index contributed by atoms with van der Waals surface area (Å²) in [6.07, 6.45) is 20.8. The van der Waals surface area contributed by atoms with E-state index in [0.29, 0.717) is 36.6 Å². The van der Waals surface area contributed by atoms with E-state index in [1.807, 2.05) is 18.2 Å². The Kier molecular flexibility index (Phi) is 16.8. The quantitative estimate of drug-likeness (QED) is 0.0922. The van der Waals surface area contributed by atoms with Crippen molar-refractivity contribution in [2.45, 2.75) is 129 Å². The Balaban J connectivity index is 1.83. The van der Waals surface area contributed by atoms with Crippen molar-refractivity contribution in [1.82, 2.24) is 9.97 Å². The van der Waals surface area contributed by atoms with Gasteiger partial charge in [0.2, 0.25) is 0 Å². The van der Waals surface area contributed by atoms with E-state index in [9.17, 15) is 9.59 Å². The minimum absolute atomic E-state index is 0.0574. The van der Waals surface area contributed by atoms with Crippen LogP contribution in [0.4, 0.5) is 0 Å². The first-order valence-electron chi connectivity index (χ1n) is 14.9. The highest BCUT2D eigenvalue weighted by molar-refractivity contribution is 5.72. The van der Waals surface area contributed by atoms with Crippen molar-refractivity contribution >= 4 is 11.9 Å². The Hall–Kier alpha value is -2.76. The molecule has 0 bridgehead atoms. The van der Waals surface area contributed by atoms with Gasteiger partial charge in [-0.2, -0.15) is 0 Å². The van der Waals surface area contributed by atoms with Gasteiger partial charge in [0.1, 0.15) is 11.6 Å². The van der Waals surface area contributed by atoms with Crippen LogP contribution in [0.5, 0.6) is 11.5 Å². The highest BCUT2D eigenvalue weighted by atomic mass is 16.5. The molecule has 0 aliphatic rings. The molecule has 0 saturated carbocycles. The van der Waals surface area contributed by atoms with Crippen molar-refractivity contribution in [2.24, 2.45) is 0 Å². The summed E-state index contributed by atoms with van der Waals surface area (Å²) in [7, 11) is 0. The molecule has 0 aliphatic carbocycles. The lowest BCUT2D eigenvalue weighted by Crippen LogP contribution is -2.13. The number of nitrogens with zero attached hydrogens (tertiary/aromatic N) is 2. The maximum atomic E-state index is 12.4. The third kappa shape index (κ3) is 14.3. The molecule has 1 aromatic heterocycles. The summed E-state index contributed by atoms with van der Waals surface area (Å²) < 4.78 is 10.9. The molecule has 1 aromatic carbocycles. The van der Waals surface area contributed by atoms with E-state index in [4.69, 9.17) is 9.47 Å². The SMILES string of the molecule is CCCCCCCCCC(=O)Oc1cnc(C(CCCCCCCC)CCC(=O)Oc2ccccc2)nc1. The molecule has 2 rings (SSSR count). The van der Waals surface area contributed by atoms with Crippen LogP contribution in [0, 0.1) is 0 Å². The second-order valence-electron chi connectivity index (χ2n) is 10.2. The van der Waals surface area contributed by atoms with Crippen molar-refractivity contribution in [2.75, 3.05) is 0 Å². The number of ether oxygens (including phenoxy) is 2. The molecule has 6 heteroatoms. The van der Waals surface area contributed by atoms with Gasteiger partial charge in [-0.3, -0.25) is 9.59 Å². The summed E-state index contributed by atoms with van der Waals surface area (Å²) in [5.41, 5.74) is 0. The van der Waals surface area contributed by atoms with Crippen LogP contribution >= 0.6 is 0 Å². The Bertz CT molecular complexity index is 886. The summed E-state index contributed by atoms with van der Waals surface area (Å²) in [6.45, 7) is 4.43. The molecule has 1 atom stereocenters. The third-order valence-electron chi connectivity index (χ3n) is 6.81. The zero-order valence-electron chi connectivity index (χ0n) is 23.7. The van der Waals surface area contributed by atoms with Crippen molar-refractivity contribution in [3.05, 3.63) is 48.5 Å². The molecule has 0 N–H and O–H groups in total. The first kappa shape index (κ1) is 31.5.